The third-order valence-electron chi connectivity index (χ3n) is 0.946. The van der Waals surface area contributed by atoms with Crippen LogP contribution < -0.4 is 0 Å². The van der Waals surface area contributed by atoms with Crippen molar-refractivity contribution < 1.29 is 5.11 Å². The average Bonchev–Trinajstić information content (AvgIpc) is 2.17. The molecule has 0 unspecified atom stereocenters. The molecule has 1 rings (SSSR count). The molecule has 0 saturated carbocycles. The Bertz CT molecular complexity index is 187. The van der Waals surface area contributed by atoms with Crippen LogP contribution in [0.15, 0.2) is 6.20 Å². The van der Waals surface area contributed by atoms with Gasteiger partial charge in [0, 0.05) is 6.42 Å². The first-order valence-electron chi connectivity index (χ1n) is 2.63. The number of aromatic amines is 1. The van der Waals surface area contributed by atoms with Crippen molar-refractivity contribution in [2.24, 2.45) is 0 Å². The van der Waals surface area contributed by atoms with E-state index < -0.39 is 0 Å². The van der Waals surface area contributed by atoms with E-state index in [2.05, 4.69) is 9.97 Å². The summed E-state index contributed by atoms with van der Waals surface area (Å²) < 4.78 is 0. The van der Waals surface area contributed by atoms with Gasteiger partial charge in [-0.05, 0) is 0 Å². The van der Waals surface area contributed by atoms with Crippen LogP contribution in [0.2, 0.25) is 5.15 Å². The van der Waals surface area contributed by atoms with Crippen molar-refractivity contribution in [1.29, 1.82) is 0 Å². The molecule has 1 heterocycles. The zero-order valence-electron chi connectivity index (χ0n) is 4.76. The van der Waals surface area contributed by atoms with Gasteiger partial charge in [-0.3, -0.25) is 0 Å². The molecule has 50 valence electrons. The molecule has 0 atom stereocenters. The highest BCUT2D eigenvalue weighted by atomic mass is 35.5. The summed E-state index contributed by atoms with van der Waals surface area (Å²) in [6.07, 6.45) is 2.05. The van der Waals surface area contributed by atoms with Gasteiger partial charge < -0.3 is 10.1 Å². The third kappa shape index (κ3) is 1.69. The molecule has 0 saturated heterocycles. The van der Waals surface area contributed by atoms with E-state index in [0.29, 0.717) is 11.6 Å². The Balaban J connectivity index is 2.61. The number of hydrogen-bond acceptors (Lipinski definition) is 2. The van der Waals surface area contributed by atoms with Gasteiger partial charge in [-0.15, -0.1) is 0 Å². The molecule has 1 aromatic heterocycles. The van der Waals surface area contributed by atoms with Gasteiger partial charge in [0.25, 0.3) is 0 Å². The molecule has 9 heavy (non-hydrogen) atoms. The molecule has 0 spiro atoms. The van der Waals surface area contributed by atoms with Crippen molar-refractivity contribution in [2.75, 3.05) is 6.61 Å². The van der Waals surface area contributed by atoms with E-state index in [1.54, 1.807) is 0 Å². The molecule has 0 amide bonds. The van der Waals surface area contributed by atoms with Gasteiger partial charge in [-0.25, -0.2) is 4.98 Å². The maximum atomic E-state index is 8.43. The number of nitrogens with one attached hydrogen (secondary N) is 1. The van der Waals surface area contributed by atoms with E-state index >= 15 is 0 Å². The number of nitrogens with zero attached hydrogens (tertiary/aromatic N) is 1. The van der Waals surface area contributed by atoms with Crippen LogP contribution in [0.5, 0.6) is 0 Å². The van der Waals surface area contributed by atoms with Crippen LogP contribution in [0, 0.1) is 0 Å². The number of rotatable bonds is 2. The monoisotopic (exact) mass is 146 g/mol. The Morgan fingerprint density at radius 3 is 3.00 bits per heavy atom. The molecule has 0 fully saturated rings. The number of hydrogen-bond donors (Lipinski definition) is 2. The summed E-state index contributed by atoms with van der Waals surface area (Å²) in [6, 6.07) is 0. The molecular weight excluding hydrogens is 140 g/mol. The second-order valence-electron chi connectivity index (χ2n) is 1.65. The molecule has 2 N–H and O–H groups in total. The van der Waals surface area contributed by atoms with Gasteiger partial charge in [0.2, 0.25) is 0 Å². The summed E-state index contributed by atoms with van der Waals surface area (Å²) in [5, 5.41) is 8.94. The van der Waals surface area contributed by atoms with E-state index in [0.717, 1.165) is 5.82 Å². The molecule has 3 nitrogen and oxygen atoms in total. The molecule has 0 aliphatic carbocycles. The minimum Gasteiger partial charge on any atom is -0.396 e. The Hall–Kier alpha value is -0.540. The van der Waals surface area contributed by atoms with Gasteiger partial charge in [-0.2, -0.15) is 0 Å². The molecule has 0 bridgehead atoms. The fourth-order valence-corrected chi connectivity index (χ4v) is 0.728. The Morgan fingerprint density at radius 2 is 2.56 bits per heavy atom. The van der Waals surface area contributed by atoms with Gasteiger partial charge in [0.05, 0.1) is 12.8 Å². The van der Waals surface area contributed by atoms with Crippen LogP contribution in [0.4, 0.5) is 0 Å². The van der Waals surface area contributed by atoms with E-state index in [1.165, 1.54) is 6.20 Å². The lowest BCUT2D eigenvalue weighted by molar-refractivity contribution is 0.297. The fourth-order valence-electron chi connectivity index (χ4n) is 0.570. The predicted octanol–water partition coefficient (Wildman–Crippen LogP) is 0.598. The Kier molecular flexibility index (Phi) is 2.08. The first-order chi connectivity index (χ1) is 4.33. The van der Waals surface area contributed by atoms with Crippen molar-refractivity contribution in [3.8, 4) is 0 Å². The number of imidazole rings is 1. The number of aliphatic hydroxyl groups is 1. The SMILES string of the molecule is OCCc1ncc(Cl)[nH]1. The van der Waals surface area contributed by atoms with Crippen LogP contribution in [0.3, 0.4) is 0 Å². The Labute approximate surface area is 57.7 Å². The fraction of sp³-hybridized carbons (Fsp3) is 0.400. The molecule has 0 aliphatic heterocycles. The van der Waals surface area contributed by atoms with Crippen LogP contribution in [-0.4, -0.2) is 21.7 Å². The maximum absolute atomic E-state index is 8.43. The zero-order valence-corrected chi connectivity index (χ0v) is 5.52. The summed E-state index contributed by atoms with van der Waals surface area (Å²) in [5.74, 6) is 0.725. The quantitative estimate of drug-likeness (QED) is 0.642. The largest absolute Gasteiger partial charge is 0.396 e. The maximum Gasteiger partial charge on any atom is 0.126 e. The summed E-state index contributed by atoms with van der Waals surface area (Å²) in [5.41, 5.74) is 0. The summed E-state index contributed by atoms with van der Waals surface area (Å²) in [4.78, 5) is 6.63. The topological polar surface area (TPSA) is 48.9 Å². The minimum atomic E-state index is 0.101. The van der Waals surface area contributed by atoms with Gasteiger partial charge in [-0.1, -0.05) is 11.6 Å². The summed E-state index contributed by atoms with van der Waals surface area (Å²) in [7, 11) is 0. The molecule has 0 aliphatic rings. The smallest absolute Gasteiger partial charge is 0.126 e. The van der Waals surface area contributed by atoms with E-state index in [9.17, 15) is 0 Å². The van der Waals surface area contributed by atoms with Crippen LogP contribution in [0.1, 0.15) is 5.82 Å². The number of halogens is 1. The standard InChI is InChI=1S/C5H7ClN2O/c6-4-3-7-5(8-4)1-2-9/h3,9H,1-2H2,(H,7,8). The van der Waals surface area contributed by atoms with E-state index in [1.807, 2.05) is 0 Å². The molecule has 0 radical (unpaired) electrons. The second-order valence-corrected chi connectivity index (χ2v) is 2.06. The predicted molar refractivity (Wildman–Crippen MR) is 34.4 cm³/mol. The Morgan fingerprint density at radius 1 is 1.78 bits per heavy atom. The highest BCUT2D eigenvalue weighted by molar-refractivity contribution is 6.29. The number of H-pyrrole nitrogens is 1. The zero-order chi connectivity index (χ0) is 6.69. The van der Waals surface area contributed by atoms with Crippen LogP contribution in [0.25, 0.3) is 0 Å². The summed E-state index contributed by atoms with van der Waals surface area (Å²) in [6.45, 7) is 0.101. The minimum absolute atomic E-state index is 0.101. The average molecular weight is 147 g/mol. The molecule has 1 aromatic rings. The van der Waals surface area contributed by atoms with Crippen molar-refractivity contribution in [3.05, 3.63) is 17.2 Å². The van der Waals surface area contributed by atoms with E-state index in [-0.39, 0.29) is 6.61 Å². The van der Waals surface area contributed by atoms with Crippen LogP contribution in [-0.2, 0) is 6.42 Å². The van der Waals surface area contributed by atoms with Gasteiger partial charge in [0.15, 0.2) is 0 Å². The van der Waals surface area contributed by atoms with Gasteiger partial charge >= 0.3 is 0 Å². The van der Waals surface area contributed by atoms with E-state index in [4.69, 9.17) is 16.7 Å². The second kappa shape index (κ2) is 2.85. The van der Waals surface area contributed by atoms with Crippen molar-refractivity contribution in [3.63, 3.8) is 0 Å². The lowest BCUT2D eigenvalue weighted by Gasteiger charge is -1.86. The van der Waals surface area contributed by atoms with Gasteiger partial charge in [0.1, 0.15) is 11.0 Å². The van der Waals surface area contributed by atoms with Crippen molar-refractivity contribution >= 4 is 11.6 Å². The van der Waals surface area contributed by atoms with Crippen molar-refractivity contribution in [1.82, 2.24) is 9.97 Å². The third-order valence-corrected chi connectivity index (χ3v) is 1.14. The lowest BCUT2D eigenvalue weighted by atomic mass is 10.4. The highest BCUT2D eigenvalue weighted by Crippen LogP contribution is 2.02. The number of aliphatic hydroxyl groups excluding tert-OH is 1. The van der Waals surface area contributed by atoms with Crippen molar-refractivity contribution in [2.45, 2.75) is 6.42 Å². The van der Waals surface area contributed by atoms with Crippen LogP contribution >= 0.6 is 11.6 Å². The molecule has 4 heteroatoms. The summed E-state index contributed by atoms with van der Waals surface area (Å²) >= 11 is 5.50. The highest BCUT2D eigenvalue weighted by Gasteiger charge is 1.94. The first-order valence-corrected chi connectivity index (χ1v) is 3.01. The lowest BCUT2D eigenvalue weighted by Crippen LogP contribution is -1.91. The first kappa shape index (κ1) is 6.58. The molecule has 0 aromatic carbocycles. The number of aromatic nitrogens is 2. The normalized spacial score (nSPS) is 10.0. The molecular formula is C5H7ClN2O.